The second kappa shape index (κ2) is 4.49. The van der Waals surface area contributed by atoms with E-state index in [0.717, 1.165) is 19.4 Å². The van der Waals surface area contributed by atoms with Gasteiger partial charge in [0, 0.05) is 19.2 Å². The van der Waals surface area contributed by atoms with E-state index in [9.17, 15) is 4.79 Å². The maximum Gasteiger partial charge on any atom is 0.217 e. The van der Waals surface area contributed by atoms with Crippen LogP contribution in [0.4, 0.5) is 5.82 Å². The molecule has 0 bridgehead atoms. The maximum absolute atomic E-state index is 10.4. The van der Waals surface area contributed by atoms with Crippen molar-refractivity contribution in [1.82, 2.24) is 9.78 Å². The standard InChI is InChI=1S/C8H14N4O/c9-7-4-6-12(11-7)5-2-1-3-8(10)13/h4,6H,1-3,5H2,(H2,9,11)(H2,10,13). The lowest BCUT2D eigenvalue weighted by Crippen LogP contribution is -2.10. The monoisotopic (exact) mass is 182 g/mol. The summed E-state index contributed by atoms with van der Waals surface area (Å²) in [4.78, 5) is 10.4. The molecule has 72 valence electrons. The number of hydrogen-bond donors (Lipinski definition) is 2. The summed E-state index contributed by atoms with van der Waals surface area (Å²) in [5.74, 6) is 0.273. The SMILES string of the molecule is NC(=O)CCCCn1ccc(N)n1. The molecule has 0 aromatic carbocycles. The number of aryl methyl sites for hydroxylation is 1. The third-order valence-electron chi connectivity index (χ3n) is 1.72. The second-order valence-corrected chi connectivity index (χ2v) is 2.93. The Kier molecular flexibility index (Phi) is 3.31. The first kappa shape index (κ1) is 9.57. The van der Waals surface area contributed by atoms with Gasteiger partial charge in [-0.2, -0.15) is 5.10 Å². The zero-order chi connectivity index (χ0) is 9.68. The highest BCUT2D eigenvalue weighted by Gasteiger charge is 1.96. The molecule has 0 saturated heterocycles. The van der Waals surface area contributed by atoms with Crippen molar-refractivity contribution in [2.24, 2.45) is 5.73 Å². The molecule has 5 heteroatoms. The van der Waals surface area contributed by atoms with E-state index >= 15 is 0 Å². The number of unbranched alkanes of at least 4 members (excludes halogenated alkanes) is 1. The molecule has 0 unspecified atom stereocenters. The third-order valence-corrected chi connectivity index (χ3v) is 1.72. The van der Waals surface area contributed by atoms with Crippen LogP contribution in [0.2, 0.25) is 0 Å². The van der Waals surface area contributed by atoms with Crippen LogP contribution in [0.1, 0.15) is 19.3 Å². The number of nitrogen functional groups attached to an aromatic ring is 1. The Bertz CT molecular complexity index is 281. The zero-order valence-electron chi connectivity index (χ0n) is 7.44. The molecule has 1 aromatic heterocycles. The van der Waals surface area contributed by atoms with Gasteiger partial charge in [0.2, 0.25) is 5.91 Å². The van der Waals surface area contributed by atoms with Gasteiger partial charge in [-0.1, -0.05) is 0 Å². The van der Waals surface area contributed by atoms with Crippen LogP contribution in [0.25, 0.3) is 0 Å². The van der Waals surface area contributed by atoms with Crippen LogP contribution in [0.3, 0.4) is 0 Å². The Morgan fingerprint density at radius 3 is 2.85 bits per heavy atom. The van der Waals surface area contributed by atoms with Gasteiger partial charge in [-0.25, -0.2) is 0 Å². The lowest BCUT2D eigenvalue weighted by Gasteiger charge is -1.99. The van der Waals surface area contributed by atoms with Crippen molar-refractivity contribution < 1.29 is 4.79 Å². The van der Waals surface area contributed by atoms with E-state index < -0.39 is 0 Å². The Hall–Kier alpha value is -1.52. The number of amides is 1. The smallest absolute Gasteiger partial charge is 0.217 e. The minimum absolute atomic E-state index is 0.250. The molecular weight excluding hydrogens is 168 g/mol. The highest BCUT2D eigenvalue weighted by Crippen LogP contribution is 2.00. The molecule has 0 radical (unpaired) electrons. The Labute approximate surface area is 76.7 Å². The lowest BCUT2D eigenvalue weighted by atomic mass is 10.2. The average Bonchev–Trinajstić information content (AvgIpc) is 2.45. The minimum Gasteiger partial charge on any atom is -0.382 e. The highest BCUT2D eigenvalue weighted by atomic mass is 16.1. The summed E-state index contributed by atoms with van der Waals surface area (Å²) in [6.07, 6.45) is 3.95. The van der Waals surface area contributed by atoms with Crippen molar-refractivity contribution in [3.8, 4) is 0 Å². The molecule has 4 N–H and O–H groups in total. The Morgan fingerprint density at radius 2 is 2.31 bits per heavy atom. The molecule has 0 saturated carbocycles. The molecule has 1 amide bonds. The summed E-state index contributed by atoms with van der Waals surface area (Å²) in [6, 6.07) is 1.74. The number of carbonyl (C=O) groups excluding carboxylic acids is 1. The van der Waals surface area contributed by atoms with Crippen LogP contribution in [-0.2, 0) is 11.3 Å². The number of nitrogens with zero attached hydrogens (tertiary/aromatic N) is 2. The first-order valence-electron chi connectivity index (χ1n) is 4.26. The summed E-state index contributed by atoms with van der Waals surface area (Å²) in [5.41, 5.74) is 10.4. The van der Waals surface area contributed by atoms with Gasteiger partial charge >= 0.3 is 0 Å². The molecule has 13 heavy (non-hydrogen) atoms. The number of nitrogens with two attached hydrogens (primary N) is 2. The third kappa shape index (κ3) is 3.59. The van der Waals surface area contributed by atoms with Crippen molar-refractivity contribution in [3.05, 3.63) is 12.3 Å². The fraction of sp³-hybridized carbons (Fsp3) is 0.500. The van der Waals surface area contributed by atoms with Crippen molar-refractivity contribution in [3.63, 3.8) is 0 Å². The summed E-state index contributed by atoms with van der Waals surface area (Å²) in [5, 5.41) is 4.01. The molecule has 0 aliphatic carbocycles. The molecule has 5 nitrogen and oxygen atoms in total. The van der Waals surface area contributed by atoms with E-state index in [4.69, 9.17) is 11.5 Å². The van der Waals surface area contributed by atoms with Gasteiger partial charge in [-0.15, -0.1) is 0 Å². The van der Waals surface area contributed by atoms with Gasteiger partial charge < -0.3 is 11.5 Å². The van der Waals surface area contributed by atoms with Crippen LogP contribution >= 0.6 is 0 Å². The number of hydrogen-bond acceptors (Lipinski definition) is 3. The number of primary amides is 1. The van der Waals surface area contributed by atoms with Crippen LogP contribution in [0.5, 0.6) is 0 Å². The molecule has 0 fully saturated rings. The highest BCUT2D eigenvalue weighted by molar-refractivity contribution is 5.73. The van der Waals surface area contributed by atoms with Crippen molar-refractivity contribution in [2.45, 2.75) is 25.8 Å². The average molecular weight is 182 g/mol. The van der Waals surface area contributed by atoms with E-state index in [2.05, 4.69) is 5.10 Å². The lowest BCUT2D eigenvalue weighted by molar-refractivity contribution is -0.118. The second-order valence-electron chi connectivity index (χ2n) is 2.93. The maximum atomic E-state index is 10.4. The number of carbonyl (C=O) groups is 1. The first-order chi connectivity index (χ1) is 6.18. The Balaban J connectivity index is 2.16. The van der Waals surface area contributed by atoms with Gasteiger partial charge in [0.1, 0.15) is 5.82 Å². The van der Waals surface area contributed by atoms with Gasteiger partial charge in [0.15, 0.2) is 0 Å². The largest absolute Gasteiger partial charge is 0.382 e. The predicted octanol–water partition coefficient (Wildman–Crippen LogP) is 0.121. The molecule has 0 aliphatic rings. The van der Waals surface area contributed by atoms with E-state index in [-0.39, 0.29) is 5.91 Å². The van der Waals surface area contributed by atoms with Gasteiger partial charge in [-0.05, 0) is 18.9 Å². The van der Waals surface area contributed by atoms with Crippen molar-refractivity contribution in [1.29, 1.82) is 0 Å². The summed E-state index contributed by atoms with van der Waals surface area (Å²) >= 11 is 0. The van der Waals surface area contributed by atoms with Crippen molar-refractivity contribution in [2.75, 3.05) is 5.73 Å². The summed E-state index contributed by atoms with van der Waals surface area (Å²) in [6.45, 7) is 0.782. The van der Waals surface area contributed by atoms with Gasteiger partial charge in [0.05, 0.1) is 0 Å². The van der Waals surface area contributed by atoms with Gasteiger partial charge in [0.25, 0.3) is 0 Å². The van der Waals surface area contributed by atoms with E-state index in [1.165, 1.54) is 0 Å². The molecule has 1 rings (SSSR count). The molecule has 0 atom stereocenters. The zero-order valence-corrected chi connectivity index (χ0v) is 7.44. The molecule has 1 aromatic rings. The van der Waals surface area contributed by atoms with Crippen LogP contribution < -0.4 is 11.5 Å². The minimum atomic E-state index is -0.250. The van der Waals surface area contributed by atoms with E-state index in [1.807, 2.05) is 6.20 Å². The predicted molar refractivity (Wildman–Crippen MR) is 49.7 cm³/mol. The van der Waals surface area contributed by atoms with Crippen LogP contribution in [0, 0.1) is 0 Å². The number of rotatable bonds is 5. The molecule has 0 spiro atoms. The number of aromatic nitrogens is 2. The van der Waals surface area contributed by atoms with E-state index in [0.29, 0.717) is 12.2 Å². The number of anilines is 1. The molecule has 1 heterocycles. The van der Waals surface area contributed by atoms with Crippen LogP contribution in [-0.4, -0.2) is 15.7 Å². The first-order valence-corrected chi connectivity index (χ1v) is 4.26. The molecular formula is C8H14N4O. The molecule has 0 aliphatic heterocycles. The van der Waals surface area contributed by atoms with Gasteiger partial charge in [-0.3, -0.25) is 9.48 Å². The summed E-state index contributed by atoms with van der Waals surface area (Å²) in [7, 11) is 0. The van der Waals surface area contributed by atoms with Crippen molar-refractivity contribution >= 4 is 11.7 Å². The topological polar surface area (TPSA) is 86.9 Å². The normalized spacial score (nSPS) is 10.2. The fourth-order valence-corrected chi connectivity index (χ4v) is 1.07. The van der Waals surface area contributed by atoms with Crippen LogP contribution in [0.15, 0.2) is 12.3 Å². The summed E-state index contributed by atoms with van der Waals surface area (Å²) < 4.78 is 1.76. The van der Waals surface area contributed by atoms with E-state index in [1.54, 1.807) is 10.7 Å². The Morgan fingerprint density at radius 1 is 1.54 bits per heavy atom. The fourth-order valence-electron chi connectivity index (χ4n) is 1.07. The quantitative estimate of drug-likeness (QED) is 0.634.